The van der Waals surface area contributed by atoms with Crippen molar-refractivity contribution in [3.8, 4) is 0 Å². The van der Waals surface area contributed by atoms with Gasteiger partial charge in [-0.25, -0.2) is 0 Å². The Morgan fingerprint density at radius 1 is 1.03 bits per heavy atom. The van der Waals surface area contributed by atoms with E-state index in [1.165, 1.54) is 0 Å². The molecule has 8 heteroatoms. The molecule has 1 fully saturated rings. The molecule has 0 unspecified atom stereocenters. The van der Waals surface area contributed by atoms with Crippen molar-refractivity contribution in [1.82, 2.24) is 5.32 Å². The Morgan fingerprint density at radius 3 is 2.37 bits per heavy atom. The molecule has 2 aromatic rings. The van der Waals surface area contributed by atoms with E-state index < -0.39 is 24.4 Å². The predicted octanol–water partition coefficient (Wildman–Crippen LogP) is 2.03. The number of nitrogens with one attached hydrogen (secondary N) is 2. The number of esters is 1. The zero-order valence-electron chi connectivity index (χ0n) is 16.6. The molecule has 3 amide bonds. The Labute approximate surface area is 174 Å². The maximum atomic E-state index is 12.2. The number of amides is 3. The van der Waals surface area contributed by atoms with Crippen molar-refractivity contribution in [3.05, 3.63) is 59.7 Å². The summed E-state index contributed by atoms with van der Waals surface area (Å²) in [4.78, 5) is 49.2. The second kappa shape index (κ2) is 9.69. The molecule has 1 aliphatic rings. The van der Waals surface area contributed by atoms with Crippen molar-refractivity contribution in [2.24, 2.45) is 0 Å². The zero-order chi connectivity index (χ0) is 21.5. The third-order valence-electron chi connectivity index (χ3n) is 4.61. The summed E-state index contributed by atoms with van der Waals surface area (Å²) in [6.07, 6.45) is 1.36. The van der Waals surface area contributed by atoms with Gasteiger partial charge in [-0.05, 0) is 49.7 Å². The summed E-state index contributed by atoms with van der Waals surface area (Å²) in [6.45, 7) is 1.81. The van der Waals surface area contributed by atoms with Gasteiger partial charge in [-0.1, -0.05) is 17.7 Å². The van der Waals surface area contributed by atoms with Gasteiger partial charge >= 0.3 is 5.97 Å². The van der Waals surface area contributed by atoms with Gasteiger partial charge in [0.05, 0.1) is 0 Å². The third-order valence-corrected chi connectivity index (χ3v) is 4.61. The van der Waals surface area contributed by atoms with Gasteiger partial charge in [0.1, 0.15) is 6.54 Å². The number of hydrogen-bond acceptors (Lipinski definition) is 5. The summed E-state index contributed by atoms with van der Waals surface area (Å²) in [5, 5.41) is 5.07. The standard InChI is InChI=1S/C22H23N3O5/c1-15-4-8-17(9-5-15)24-19(26)14-30-21(28)13-23-22(29)16-6-10-18(11-7-16)25-12-2-3-20(25)27/h4-11H,2-3,12-14H2,1H3,(H,23,29)(H,24,26). The van der Waals surface area contributed by atoms with E-state index in [0.717, 1.165) is 17.7 Å². The minimum atomic E-state index is -0.721. The molecule has 2 N–H and O–H groups in total. The highest BCUT2D eigenvalue weighted by atomic mass is 16.5. The van der Waals surface area contributed by atoms with Crippen molar-refractivity contribution < 1.29 is 23.9 Å². The molecule has 0 saturated carbocycles. The number of benzene rings is 2. The second-order valence-corrected chi connectivity index (χ2v) is 6.95. The molecule has 156 valence electrons. The van der Waals surface area contributed by atoms with Crippen LogP contribution in [0.1, 0.15) is 28.8 Å². The van der Waals surface area contributed by atoms with Crippen LogP contribution in [0.25, 0.3) is 0 Å². The van der Waals surface area contributed by atoms with Crippen LogP contribution < -0.4 is 15.5 Å². The van der Waals surface area contributed by atoms with Gasteiger partial charge in [-0.3, -0.25) is 19.2 Å². The van der Waals surface area contributed by atoms with Crippen LogP contribution in [-0.2, 0) is 19.1 Å². The van der Waals surface area contributed by atoms with E-state index in [9.17, 15) is 19.2 Å². The lowest BCUT2D eigenvalue weighted by Crippen LogP contribution is -2.32. The molecule has 30 heavy (non-hydrogen) atoms. The third kappa shape index (κ3) is 5.66. The molecule has 0 aromatic heterocycles. The van der Waals surface area contributed by atoms with Crippen molar-refractivity contribution in [3.63, 3.8) is 0 Å². The molecule has 1 heterocycles. The van der Waals surface area contributed by atoms with Crippen LogP contribution in [0.5, 0.6) is 0 Å². The van der Waals surface area contributed by atoms with Crippen molar-refractivity contribution in [2.75, 3.05) is 29.9 Å². The Morgan fingerprint density at radius 2 is 1.73 bits per heavy atom. The first kappa shape index (κ1) is 21.0. The Bertz CT molecular complexity index is 938. The fourth-order valence-electron chi connectivity index (χ4n) is 3.00. The molecule has 0 radical (unpaired) electrons. The first-order valence-corrected chi connectivity index (χ1v) is 9.63. The first-order chi connectivity index (χ1) is 14.4. The highest BCUT2D eigenvalue weighted by Gasteiger charge is 2.21. The van der Waals surface area contributed by atoms with Crippen LogP contribution in [0.2, 0.25) is 0 Å². The van der Waals surface area contributed by atoms with E-state index in [1.54, 1.807) is 41.3 Å². The molecule has 0 spiro atoms. The average molecular weight is 409 g/mol. The van der Waals surface area contributed by atoms with Crippen LogP contribution in [-0.4, -0.2) is 43.4 Å². The lowest BCUT2D eigenvalue weighted by molar-refractivity contribution is -0.146. The van der Waals surface area contributed by atoms with E-state index >= 15 is 0 Å². The predicted molar refractivity (Wildman–Crippen MR) is 111 cm³/mol. The van der Waals surface area contributed by atoms with Crippen LogP contribution >= 0.6 is 0 Å². The monoisotopic (exact) mass is 409 g/mol. The molecule has 0 atom stereocenters. The Hall–Kier alpha value is -3.68. The molecular weight excluding hydrogens is 386 g/mol. The van der Waals surface area contributed by atoms with Gasteiger partial charge in [0.2, 0.25) is 5.91 Å². The first-order valence-electron chi connectivity index (χ1n) is 9.63. The summed E-state index contributed by atoms with van der Waals surface area (Å²) in [5.74, 6) is -1.57. The molecule has 0 bridgehead atoms. The maximum Gasteiger partial charge on any atom is 0.325 e. The van der Waals surface area contributed by atoms with Gasteiger partial charge in [0, 0.05) is 29.9 Å². The van der Waals surface area contributed by atoms with Gasteiger partial charge in [0.25, 0.3) is 11.8 Å². The van der Waals surface area contributed by atoms with E-state index in [4.69, 9.17) is 4.74 Å². The lowest BCUT2D eigenvalue weighted by atomic mass is 10.2. The summed E-state index contributed by atoms with van der Waals surface area (Å²) < 4.78 is 4.87. The zero-order valence-corrected chi connectivity index (χ0v) is 16.6. The molecule has 3 rings (SSSR count). The highest BCUT2D eigenvalue weighted by Crippen LogP contribution is 2.21. The second-order valence-electron chi connectivity index (χ2n) is 6.95. The molecule has 1 saturated heterocycles. The van der Waals surface area contributed by atoms with E-state index in [2.05, 4.69) is 10.6 Å². The van der Waals surface area contributed by atoms with Crippen LogP contribution in [0, 0.1) is 6.92 Å². The quantitative estimate of drug-likeness (QED) is 0.681. The van der Waals surface area contributed by atoms with Crippen molar-refractivity contribution >= 4 is 35.1 Å². The van der Waals surface area contributed by atoms with Gasteiger partial charge in [0.15, 0.2) is 6.61 Å². The normalized spacial score (nSPS) is 13.1. The average Bonchev–Trinajstić information content (AvgIpc) is 3.18. The summed E-state index contributed by atoms with van der Waals surface area (Å²) in [6, 6.07) is 13.8. The van der Waals surface area contributed by atoms with Crippen LogP contribution in [0.15, 0.2) is 48.5 Å². The number of carbonyl (C=O) groups excluding carboxylic acids is 4. The minimum absolute atomic E-state index is 0.0707. The van der Waals surface area contributed by atoms with Crippen LogP contribution in [0.4, 0.5) is 11.4 Å². The van der Waals surface area contributed by atoms with Crippen LogP contribution in [0.3, 0.4) is 0 Å². The van der Waals surface area contributed by atoms with E-state index in [-0.39, 0.29) is 12.5 Å². The Kier molecular flexibility index (Phi) is 6.79. The topological polar surface area (TPSA) is 105 Å². The molecule has 2 aromatic carbocycles. The number of hydrogen-bond donors (Lipinski definition) is 2. The smallest absolute Gasteiger partial charge is 0.325 e. The highest BCUT2D eigenvalue weighted by molar-refractivity contribution is 5.98. The molecule has 0 aliphatic carbocycles. The number of carbonyl (C=O) groups is 4. The fourth-order valence-corrected chi connectivity index (χ4v) is 3.00. The number of anilines is 2. The summed E-state index contributed by atoms with van der Waals surface area (Å²) in [5.41, 5.74) is 2.77. The number of nitrogens with zero attached hydrogens (tertiary/aromatic N) is 1. The summed E-state index contributed by atoms with van der Waals surface area (Å²) >= 11 is 0. The number of ether oxygens (including phenoxy) is 1. The Balaban J connectivity index is 1.40. The van der Waals surface area contributed by atoms with Crippen molar-refractivity contribution in [2.45, 2.75) is 19.8 Å². The molecule has 8 nitrogen and oxygen atoms in total. The largest absolute Gasteiger partial charge is 0.454 e. The number of aryl methyl sites for hydroxylation is 1. The van der Waals surface area contributed by atoms with E-state index in [0.29, 0.717) is 24.2 Å². The number of rotatable bonds is 7. The van der Waals surface area contributed by atoms with E-state index in [1.807, 2.05) is 19.1 Å². The fraction of sp³-hybridized carbons (Fsp3) is 0.273. The van der Waals surface area contributed by atoms with Gasteiger partial charge < -0.3 is 20.3 Å². The molecular formula is C22H23N3O5. The van der Waals surface area contributed by atoms with Crippen molar-refractivity contribution in [1.29, 1.82) is 0 Å². The summed E-state index contributed by atoms with van der Waals surface area (Å²) in [7, 11) is 0. The maximum absolute atomic E-state index is 12.2. The SMILES string of the molecule is Cc1ccc(NC(=O)COC(=O)CNC(=O)c2ccc(N3CCCC3=O)cc2)cc1. The minimum Gasteiger partial charge on any atom is -0.454 e. The van der Waals surface area contributed by atoms with Gasteiger partial charge in [-0.2, -0.15) is 0 Å². The molecule has 1 aliphatic heterocycles. The lowest BCUT2D eigenvalue weighted by Gasteiger charge is -2.15. The van der Waals surface area contributed by atoms with Gasteiger partial charge in [-0.15, -0.1) is 0 Å².